The minimum Gasteiger partial charge on any atom is -0.379 e. The van der Waals surface area contributed by atoms with Crippen molar-refractivity contribution in [2.24, 2.45) is 13.0 Å². The van der Waals surface area contributed by atoms with Crippen LogP contribution < -0.4 is 10.0 Å². The van der Waals surface area contributed by atoms with E-state index in [0.717, 1.165) is 29.8 Å². The fraction of sp³-hybridized carbons (Fsp3) is 0.368. The van der Waals surface area contributed by atoms with Gasteiger partial charge in [0.25, 0.3) is 0 Å². The first kappa shape index (κ1) is 19.6. The van der Waals surface area contributed by atoms with Crippen LogP contribution in [0.1, 0.15) is 31.5 Å². The van der Waals surface area contributed by atoms with Crippen LogP contribution in [-0.4, -0.2) is 14.8 Å². The summed E-state index contributed by atoms with van der Waals surface area (Å²) in [6.45, 7) is 4.44. The molecule has 0 amide bonds. The van der Waals surface area contributed by atoms with E-state index in [2.05, 4.69) is 23.9 Å². The van der Waals surface area contributed by atoms with Gasteiger partial charge in [-0.1, -0.05) is 32.4 Å². The van der Waals surface area contributed by atoms with Gasteiger partial charge in [-0.15, -0.1) is 0 Å². The first-order valence-electron chi connectivity index (χ1n) is 8.84. The van der Waals surface area contributed by atoms with Crippen LogP contribution in [0.4, 0.5) is 14.5 Å². The number of aromatic nitrogens is 1. The highest BCUT2D eigenvalue weighted by atomic mass is 32.2. The molecule has 3 rings (SSSR count). The molecule has 0 saturated carbocycles. The SMILES string of the molecule is CC[C@H](C)[C@H]1C=Cc2c(cn(C)c2CNc2ccc(F)c(F)c2)S(=N)(=O)N1. The smallest absolute Gasteiger partial charge is 0.160 e. The number of fused-ring (bicyclic) bond motifs is 1. The predicted octanol–water partition coefficient (Wildman–Crippen LogP) is 4.27. The Kier molecular flexibility index (Phi) is 5.39. The number of benzene rings is 1. The van der Waals surface area contributed by atoms with E-state index in [4.69, 9.17) is 4.78 Å². The third kappa shape index (κ3) is 3.91. The van der Waals surface area contributed by atoms with Crippen LogP contribution >= 0.6 is 0 Å². The Labute approximate surface area is 158 Å². The second-order valence-electron chi connectivity index (χ2n) is 6.89. The molecule has 3 N–H and O–H groups in total. The average molecular weight is 394 g/mol. The maximum Gasteiger partial charge on any atom is 0.160 e. The molecule has 27 heavy (non-hydrogen) atoms. The number of anilines is 1. The summed E-state index contributed by atoms with van der Waals surface area (Å²) in [7, 11) is -1.34. The number of aryl methyl sites for hydroxylation is 1. The van der Waals surface area contributed by atoms with Gasteiger partial charge in [0.15, 0.2) is 11.6 Å². The van der Waals surface area contributed by atoms with Gasteiger partial charge in [-0.3, -0.25) is 0 Å². The van der Waals surface area contributed by atoms with Crippen molar-refractivity contribution in [1.29, 1.82) is 4.78 Å². The van der Waals surface area contributed by atoms with Crippen LogP contribution in [0.5, 0.6) is 0 Å². The maximum absolute atomic E-state index is 13.4. The third-order valence-electron chi connectivity index (χ3n) is 5.03. The molecule has 2 aromatic rings. The first-order chi connectivity index (χ1) is 12.7. The summed E-state index contributed by atoms with van der Waals surface area (Å²) in [6.07, 6.45) is 6.46. The van der Waals surface area contributed by atoms with Crippen LogP contribution in [0.15, 0.2) is 35.4 Å². The van der Waals surface area contributed by atoms with Gasteiger partial charge in [-0.05, 0) is 18.1 Å². The van der Waals surface area contributed by atoms with Gasteiger partial charge in [-0.2, -0.15) is 0 Å². The molecule has 1 aliphatic rings. The molecule has 146 valence electrons. The summed E-state index contributed by atoms with van der Waals surface area (Å²) >= 11 is 0. The number of hydrogen-bond acceptors (Lipinski definition) is 3. The van der Waals surface area contributed by atoms with Gasteiger partial charge in [0.2, 0.25) is 0 Å². The van der Waals surface area contributed by atoms with Crippen molar-refractivity contribution >= 4 is 21.7 Å². The second kappa shape index (κ2) is 7.44. The molecular weight excluding hydrogens is 370 g/mol. The largest absolute Gasteiger partial charge is 0.379 e. The van der Waals surface area contributed by atoms with Crippen molar-refractivity contribution < 1.29 is 13.0 Å². The van der Waals surface area contributed by atoms with Gasteiger partial charge in [0.1, 0.15) is 9.92 Å². The van der Waals surface area contributed by atoms with E-state index in [1.807, 2.05) is 19.2 Å². The summed E-state index contributed by atoms with van der Waals surface area (Å²) in [5, 5.41) is 3.06. The summed E-state index contributed by atoms with van der Waals surface area (Å²) in [4.78, 5) is 0.439. The third-order valence-corrected chi connectivity index (χ3v) is 6.58. The van der Waals surface area contributed by atoms with E-state index in [1.54, 1.807) is 10.8 Å². The summed E-state index contributed by atoms with van der Waals surface area (Å²) in [5.74, 6) is -1.57. The van der Waals surface area contributed by atoms with Gasteiger partial charge >= 0.3 is 0 Å². The molecule has 0 aliphatic carbocycles. The fourth-order valence-corrected chi connectivity index (χ4v) is 4.75. The van der Waals surface area contributed by atoms with E-state index in [-0.39, 0.29) is 12.0 Å². The minimum atomic E-state index is -3.15. The lowest BCUT2D eigenvalue weighted by molar-refractivity contribution is 0.476. The Hall–Kier alpha value is -2.19. The van der Waals surface area contributed by atoms with Gasteiger partial charge in [0, 0.05) is 42.3 Å². The van der Waals surface area contributed by atoms with Crippen LogP contribution in [0.3, 0.4) is 0 Å². The average Bonchev–Trinajstić information content (AvgIpc) is 2.88. The summed E-state index contributed by atoms with van der Waals surface area (Å²) in [6, 6.07) is 3.48. The number of halogens is 2. The van der Waals surface area contributed by atoms with Crippen LogP contribution in [-0.2, 0) is 23.5 Å². The summed E-state index contributed by atoms with van der Waals surface area (Å²) < 4.78 is 52.6. The van der Waals surface area contributed by atoms with Gasteiger partial charge < -0.3 is 9.88 Å². The normalized spacial score (nSPS) is 22.9. The van der Waals surface area contributed by atoms with E-state index >= 15 is 0 Å². The quantitative estimate of drug-likeness (QED) is 0.709. The van der Waals surface area contributed by atoms with Crippen molar-refractivity contribution in [3.05, 3.63) is 53.4 Å². The van der Waals surface area contributed by atoms with Crippen LogP contribution in [0.2, 0.25) is 0 Å². The molecule has 3 atom stereocenters. The molecule has 0 bridgehead atoms. The lowest BCUT2D eigenvalue weighted by atomic mass is 9.99. The predicted molar refractivity (Wildman–Crippen MR) is 104 cm³/mol. The van der Waals surface area contributed by atoms with Gasteiger partial charge in [0.05, 0.1) is 11.4 Å². The van der Waals surface area contributed by atoms with Gasteiger partial charge in [-0.25, -0.2) is 22.5 Å². The molecule has 0 fully saturated rings. The highest BCUT2D eigenvalue weighted by molar-refractivity contribution is 7.90. The van der Waals surface area contributed by atoms with Crippen molar-refractivity contribution in [3.8, 4) is 0 Å². The number of nitrogens with zero attached hydrogens (tertiary/aromatic N) is 1. The Morgan fingerprint density at radius 1 is 1.37 bits per heavy atom. The second-order valence-corrected chi connectivity index (χ2v) is 8.68. The fourth-order valence-electron chi connectivity index (χ4n) is 3.13. The van der Waals surface area contributed by atoms with E-state index in [1.165, 1.54) is 6.07 Å². The Balaban J connectivity index is 1.93. The van der Waals surface area contributed by atoms with Crippen molar-refractivity contribution in [3.63, 3.8) is 0 Å². The molecule has 1 aromatic carbocycles. The zero-order chi connectivity index (χ0) is 19.8. The highest BCUT2D eigenvalue weighted by Crippen LogP contribution is 2.29. The van der Waals surface area contributed by atoms with E-state index < -0.39 is 21.5 Å². The topological polar surface area (TPSA) is 69.9 Å². The number of hydrogen-bond donors (Lipinski definition) is 3. The lowest BCUT2D eigenvalue weighted by Crippen LogP contribution is -2.36. The molecule has 0 saturated heterocycles. The molecule has 2 heterocycles. The van der Waals surface area contributed by atoms with Crippen molar-refractivity contribution in [2.45, 2.75) is 37.8 Å². The maximum atomic E-state index is 13.4. The molecule has 1 aliphatic heterocycles. The summed E-state index contributed by atoms with van der Waals surface area (Å²) in [5.41, 5.74) is 1.99. The molecule has 0 spiro atoms. The molecule has 1 aromatic heterocycles. The molecule has 0 radical (unpaired) electrons. The Morgan fingerprint density at radius 2 is 2.11 bits per heavy atom. The van der Waals surface area contributed by atoms with Crippen molar-refractivity contribution in [1.82, 2.24) is 9.29 Å². The number of rotatable bonds is 5. The highest BCUT2D eigenvalue weighted by Gasteiger charge is 2.27. The zero-order valence-electron chi connectivity index (χ0n) is 15.6. The van der Waals surface area contributed by atoms with Crippen LogP contribution in [0.25, 0.3) is 6.08 Å². The van der Waals surface area contributed by atoms with E-state index in [9.17, 15) is 13.0 Å². The number of nitrogens with one attached hydrogen (secondary N) is 3. The Bertz CT molecular complexity index is 982. The molecular formula is C19H24F2N4OS. The molecule has 8 heteroatoms. The monoisotopic (exact) mass is 394 g/mol. The lowest BCUT2D eigenvalue weighted by Gasteiger charge is -2.20. The Morgan fingerprint density at radius 3 is 2.78 bits per heavy atom. The minimum absolute atomic E-state index is 0.148. The zero-order valence-corrected chi connectivity index (χ0v) is 16.4. The van der Waals surface area contributed by atoms with Crippen LogP contribution in [0, 0.1) is 22.3 Å². The molecule has 1 unspecified atom stereocenters. The first-order valence-corrected chi connectivity index (χ1v) is 10.4. The molecule has 5 nitrogen and oxygen atoms in total. The van der Waals surface area contributed by atoms with Crippen molar-refractivity contribution in [2.75, 3.05) is 5.32 Å². The standard InChI is InChI=1S/C19H24F2N4OS/c1-4-12(2)17-8-6-14-18(25(3)11-19(14)27(22,26)24-17)10-23-13-5-7-15(20)16(21)9-13/h5-9,11-12,17,23H,4,10H2,1-3H3,(H2,22,24,26)/t12-,17+,27?/m0/s1. The van der Waals surface area contributed by atoms with E-state index in [0.29, 0.717) is 17.1 Å².